The molecule has 14 nitrogen and oxygen atoms in total. The lowest BCUT2D eigenvalue weighted by atomic mass is 10.0. The van der Waals surface area contributed by atoms with E-state index in [1.807, 2.05) is 90.1 Å². The maximum atomic E-state index is 11.2. The number of hydrogen-bond acceptors (Lipinski definition) is 15. The smallest absolute Gasteiger partial charge is 0.268 e. The van der Waals surface area contributed by atoms with Gasteiger partial charge in [0.2, 0.25) is 0 Å². The average molecular weight is 911 g/mol. The third kappa shape index (κ3) is 21.3. The molecule has 19 heteroatoms. The van der Waals surface area contributed by atoms with Gasteiger partial charge in [-0.3, -0.25) is 8.57 Å². The lowest BCUT2D eigenvalue weighted by Crippen LogP contribution is -2.02. The molecule has 0 radical (unpaired) electrons. The van der Waals surface area contributed by atoms with Gasteiger partial charge in [-0.2, -0.15) is 37.0 Å². The number of rotatable bonds is 8. The van der Waals surface area contributed by atoms with E-state index < -0.39 is 30.3 Å². The van der Waals surface area contributed by atoms with Gasteiger partial charge >= 0.3 is 20.2 Å². The van der Waals surface area contributed by atoms with Gasteiger partial charge in [0.15, 0.2) is 5.71 Å². The van der Waals surface area contributed by atoms with Crippen LogP contribution in [0, 0.1) is 34.0 Å². The lowest BCUT2D eigenvalue weighted by molar-refractivity contribution is 0.343. The number of sulfonamides is 1. The normalized spacial score (nSPS) is 15.7. The highest BCUT2D eigenvalue weighted by molar-refractivity contribution is 8.18. The van der Waals surface area contributed by atoms with Crippen molar-refractivity contribution in [1.29, 1.82) is 15.8 Å². The van der Waals surface area contributed by atoms with Crippen LogP contribution in [0.25, 0.3) is 11.1 Å². The molecule has 0 bridgehead atoms. The molecule has 0 fully saturated rings. The number of benzene rings is 3. The highest BCUT2D eigenvalue weighted by Crippen LogP contribution is 2.34. The van der Waals surface area contributed by atoms with Crippen molar-refractivity contribution >= 4 is 80.7 Å². The van der Waals surface area contributed by atoms with Gasteiger partial charge in [-0.1, -0.05) is 166 Å². The number of nitriles is 3. The number of thioether (sulfide) groups is 2. The molecular weight excluding hydrogens is 865 g/mol. The molecule has 0 spiro atoms. The maximum Gasteiger partial charge on any atom is 0.325 e. The first-order chi connectivity index (χ1) is 28.5. The Morgan fingerprint density at radius 3 is 1.45 bits per heavy atom. The Bertz CT molecular complexity index is 2530. The van der Waals surface area contributed by atoms with E-state index in [1.54, 1.807) is 72.2 Å². The molecule has 0 N–H and O–H groups in total. The van der Waals surface area contributed by atoms with Crippen LogP contribution in [0.2, 0.25) is 0 Å². The summed E-state index contributed by atoms with van der Waals surface area (Å²) < 4.78 is 77.7. The summed E-state index contributed by atoms with van der Waals surface area (Å²) in [6.07, 6.45) is 7.83. The Kier molecular flexibility index (Phi) is 25.9. The predicted octanol–water partition coefficient (Wildman–Crippen LogP) is 9.07. The molecule has 0 aromatic heterocycles. The predicted molar refractivity (Wildman–Crippen MR) is 246 cm³/mol. The van der Waals surface area contributed by atoms with Gasteiger partial charge in [0.25, 0.3) is 10.0 Å². The Labute approximate surface area is 363 Å². The second kappa shape index (κ2) is 28.6. The van der Waals surface area contributed by atoms with E-state index in [4.69, 9.17) is 5.26 Å². The first-order valence-corrected chi connectivity index (χ1v) is 25.0. The van der Waals surface area contributed by atoms with Crippen LogP contribution < -0.4 is 0 Å². The van der Waals surface area contributed by atoms with Gasteiger partial charge in [0, 0.05) is 16.0 Å². The Hall–Kier alpha value is -5.75. The SMILES string of the molecule is CC.CC.CC.CS(=O)(=O)N=C1SC=C/C1=C(/C#N)c1ccccc1.CS(=O)(=O)O/N=C(\C#N)c1ccccc1.CS(=O)(=O)ON=C1C=C/C(=C(\C#N)c2ccccc2)S1. The Morgan fingerprint density at radius 2 is 1.03 bits per heavy atom. The zero-order chi connectivity index (χ0) is 45.8. The lowest BCUT2D eigenvalue weighted by Gasteiger charge is -2.03. The van der Waals surface area contributed by atoms with Crippen LogP contribution in [0.3, 0.4) is 0 Å². The summed E-state index contributed by atoms with van der Waals surface area (Å²) in [5, 5.41) is 36.5. The van der Waals surface area contributed by atoms with Crippen molar-refractivity contribution in [2.45, 2.75) is 41.5 Å². The summed E-state index contributed by atoms with van der Waals surface area (Å²) >= 11 is 2.38. The largest absolute Gasteiger partial charge is 0.325 e. The van der Waals surface area contributed by atoms with E-state index in [-0.39, 0.29) is 5.71 Å². The Balaban J connectivity index is 0.000000825. The molecule has 60 heavy (non-hydrogen) atoms. The van der Waals surface area contributed by atoms with Crippen LogP contribution in [0.1, 0.15) is 58.2 Å². The standard InChI is InChI=1S/C13H10N2O3S2.C13H10N2O2S2.C9H8N2O3S.3C2H6/c1-20(16,17)18-15-13-8-7-12(19-13)11(9-14)10-5-3-2-4-6-10;1-19(16,17)15-13-11(7-8-18-13)12(9-14)10-5-3-2-4-6-10;1-15(12,13)14-11-9(7-10)8-5-3-2-4-6-8;3*1-2/h2-8H,1H3;2-8H,1H3;2-6H,1H3;3*1-2H3/b12-11-,15-13?;12-11+,15-13?;11-9+;;;. The zero-order valence-electron chi connectivity index (χ0n) is 34.5. The first-order valence-electron chi connectivity index (χ1n) is 17.8. The molecule has 318 valence electrons. The van der Waals surface area contributed by atoms with Gasteiger partial charge in [0.1, 0.15) is 28.3 Å². The molecule has 0 saturated heterocycles. The molecule has 3 aromatic rings. The minimum Gasteiger partial charge on any atom is -0.268 e. The summed E-state index contributed by atoms with van der Waals surface area (Å²) in [5.41, 5.74) is 3.44. The van der Waals surface area contributed by atoms with Gasteiger partial charge in [0.05, 0.1) is 29.9 Å². The summed E-state index contributed by atoms with van der Waals surface area (Å²) in [6, 6.07) is 32.8. The topological polar surface area (TPSA) is 229 Å². The van der Waals surface area contributed by atoms with Crippen molar-refractivity contribution in [1.82, 2.24) is 0 Å². The molecule has 0 saturated carbocycles. The van der Waals surface area contributed by atoms with Gasteiger partial charge < -0.3 is 0 Å². The molecule has 0 unspecified atom stereocenters. The van der Waals surface area contributed by atoms with E-state index in [0.717, 1.165) is 29.9 Å². The van der Waals surface area contributed by atoms with Gasteiger partial charge in [-0.15, -0.1) is 0 Å². The maximum absolute atomic E-state index is 11.2. The highest BCUT2D eigenvalue weighted by Gasteiger charge is 2.19. The fraction of sp³-hybridized carbons (Fsp3) is 0.220. The fourth-order valence-corrected chi connectivity index (χ4v) is 6.84. The third-order valence-electron chi connectivity index (χ3n) is 6.03. The number of allylic oxidation sites excluding steroid dienone is 4. The summed E-state index contributed by atoms with van der Waals surface area (Å²) in [4.78, 5) is 0.703. The quantitative estimate of drug-likeness (QED) is 0.117. The fourth-order valence-electron chi connectivity index (χ4n) is 3.92. The molecule has 2 aliphatic rings. The van der Waals surface area contributed by atoms with Crippen molar-refractivity contribution in [2.24, 2.45) is 14.7 Å². The minimum atomic E-state index is -3.68. The molecule has 3 aromatic carbocycles. The van der Waals surface area contributed by atoms with E-state index in [2.05, 4.69) is 35.4 Å². The minimum absolute atomic E-state index is 0.0824. The van der Waals surface area contributed by atoms with Crippen LogP contribution in [-0.4, -0.2) is 59.8 Å². The molecule has 2 aliphatic heterocycles. The zero-order valence-corrected chi connectivity index (χ0v) is 38.5. The molecule has 0 aliphatic carbocycles. The van der Waals surface area contributed by atoms with E-state index in [1.165, 1.54) is 23.5 Å². The number of hydrogen-bond donors (Lipinski definition) is 0. The van der Waals surface area contributed by atoms with Crippen molar-refractivity contribution in [3.05, 3.63) is 142 Å². The molecule has 0 amide bonds. The molecule has 5 rings (SSSR count). The van der Waals surface area contributed by atoms with Gasteiger partial charge in [-0.05, 0) is 34.8 Å². The molecule has 2 heterocycles. The van der Waals surface area contributed by atoms with E-state index in [0.29, 0.717) is 37.3 Å². The van der Waals surface area contributed by atoms with Crippen LogP contribution in [0.4, 0.5) is 0 Å². The summed E-state index contributed by atoms with van der Waals surface area (Å²) in [5.74, 6) is 0. The number of nitrogens with zero attached hydrogens (tertiary/aromatic N) is 6. The average Bonchev–Trinajstić information content (AvgIpc) is 3.90. The monoisotopic (exact) mass is 910 g/mol. The van der Waals surface area contributed by atoms with Crippen LogP contribution >= 0.6 is 23.5 Å². The van der Waals surface area contributed by atoms with Crippen molar-refractivity contribution in [2.75, 3.05) is 18.8 Å². The highest BCUT2D eigenvalue weighted by atomic mass is 32.2. The summed E-state index contributed by atoms with van der Waals surface area (Å²) in [7, 11) is -10.8. The second-order valence-corrected chi connectivity index (χ2v) is 17.1. The third-order valence-corrected chi connectivity index (χ3v) is 9.14. The van der Waals surface area contributed by atoms with Crippen LogP contribution in [-0.2, 0) is 38.8 Å². The summed E-state index contributed by atoms with van der Waals surface area (Å²) in [6.45, 7) is 12.0. The van der Waals surface area contributed by atoms with Crippen molar-refractivity contribution in [3.8, 4) is 18.2 Å². The molecule has 0 atom stereocenters. The van der Waals surface area contributed by atoms with Crippen LogP contribution in [0.5, 0.6) is 0 Å². The Morgan fingerprint density at radius 1 is 0.583 bits per heavy atom. The van der Waals surface area contributed by atoms with Gasteiger partial charge in [-0.25, -0.2) is 8.42 Å². The second-order valence-electron chi connectivity index (χ2n) is 10.4. The van der Waals surface area contributed by atoms with Crippen molar-refractivity contribution < 1.29 is 33.8 Å². The molecular formula is C41H46N6O8S5. The van der Waals surface area contributed by atoms with E-state index >= 15 is 0 Å². The van der Waals surface area contributed by atoms with E-state index in [9.17, 15) is 35.8 Å². The van der Waals surface area contributed by atoms with Crippen LogP contribution in [0.15, 0.2) is 140 Å². The first kappa shape index (κ1) is 54.2. The number of oxime groups is 2. The van der Waals surface area contributed by atoms with Crippen molar-refractivity contribution in [3.63, 3.8) is 0 Å².